The highest BCUT2D eigenvalue weighted by atomic mass is 35.5. The molecule has 0 radical (unpaired) electrons. The van der Waals surface area contributed by atoms with Gasteiger partial charge in [-0.05, 0) is 49.1 Å². The first-order valence-electron chi connectivity index (χ1n) is 10.8. The van der Waals surface area contributed by atoms with E-state index in [9.17, 15) is 13.2 Å². The van der Waals surface area contributed by atoms with E-state index in [2.05, 4.69) is 39.0 Å². The first kappa shape index (κ1) is 25.3. The summed E-state index contributed by atoms with van der Waals surface area (Å²) in [5.41, 5.74) is 1.33. The van der Waals surface area contributed by atoms with Gasteiger partial charge >= 0.3 is 12.1 Å². The zero-order chi connectivity index (χ0) is 23.8. The van der Waals surface area contributed by atoms with E-state index in [0.29, 0.717) is 12.1 Å². The Labute approximate surface area is 195 Å². The number of nitrogens with zero attached hydrogens (tertiary/aromatic N) is 3. The largest absolute Gasteiger partial charge is 0.490 e. The summed E-state index contributed by atoms with van der Waals surface area (Å²) in [6.45, 7) is 4.85. The molecule has 2 fully saturated rings. The second-order valence-corrected chi connectivity index (χ2v) is 8.44. The van der Waals surface area contributed by atoms with Gasteiger partial charge in [0.25, 0.3) is 0 Å². The third-order valence-corrected chi connectivity index (χ3v) is 6.06. The van der Waals surface area contributed by atoms with Gasteiger partial charge in [-0.1, -0.05) is 29.8 Å². The Morgan fingerprint density at radius 3 is 2.36 bits per heavy atom. The molecule has 180 valence electrons. The van der Waals surface area contributed by atoms with Crippen molar-refractivity contribution in [2.75, 3.05) is 37.7 Å². The molecule has 1 aromatic carbocycles. The smallest absolute Gasteiger partial charge is 0.475 e. The van der Waals surface area contributed by atoms with Crippen molar-refractivity contribution in [3.8, 4) is 0 Å². The summed E-state index contributed by atoms with van der Waals surface area (Å²) < 4.78 is 37.5. The Balaban J connectivity index is 0.000000383. The highest BCUT2D eigenvalue weighted by Gasteiger charge is 2.38. The van der Waals surface area contributed by atoms with Crippen LogP contribution in [0.25, 0.3) is 0 Å². The molecule has 0 aliphatic carbocycles. The number of alkyl halides is 3. The molecule has 0 spiro atoms. The van der Waals surface area contributed by atoms with Crippen LogP contribution in [0.1, 0.15) is 18.4 Å². The molecule has 2 aliphatic rings. The van der Waals surface area contributed by atoms with Gasteiger partial charge in [-0.15, -0.1) is 0 Å². The maximum absolute atomic E-state index is 10.6. The number of ether oxygens (including phenoxy) is 1. The van der Waals surface area contributed by atoms with Gasteiger partial charge in [0.2, 0.25) is 0 Å². The number of rotatable bonds is 4. The fourth-order valence-corrected chi connectivity index (χ4v) is 4.31. The molecule has 0 bridgehead atoms. The summed E-state index contributed by atoms with van der Waals surface area (Å²) in [4.78, 5) is 18.5. The summed E-state index contributed by atoms with van der Waals surface area (Å²) in [6.07, 6.45) is 0.199. The highest BCUT2D eigenvalue weighted by molar-refractivity contribution is 6.30. The molecule has 2 saturated heterocycles. The van der Waals surface area contributed by atoms with Gasteiger partial charge < -0.3 is 14.7 Å². The van der Waals surface area contributed by atoms with Crippen LogP contribution in [0.4, 0.5) is 19.0 Å². The van der Waals surface area contributed by atoms with Gasteiger partial charge in [0.1, 0.15) is 5.82 Å². The van der Waals surface area contributed by atoms with Gasteiger partial charge in [0.15, 0.2) is 0 Å². The van der Waals surface area contributed by atoms with Crippen LogP contribution in [0, 0.1) is 0 Å². The summed E-state index contributed by atoms with van der Waals surface area (Å²) in [7, 11) is 0. The van der Waals surface area contributed by atoms with Crippen molar-refractivity contribution < 1.29 is 27.8 Å². The van der Waals surface area contributed by atoms with Gasteiger partial charge in [-0.2, -0.15) is 13.2 Å². The first-order chi connectivity index (χ1) is 15.7. The number of halogens is 4. The SMILES string of the molecule is Clc1ccc(CC2COCCN2C2CCN(c3ccccn3)CC2)cc1.O=C(O)C(F)(F)F. The number of carbonyl (C=O) groups is 1. The van der Waals surface area contributed by atoms with Crippen LogP contribution in [0.5, 0.6) is 0 Å². The molecule has 33 heavy (non-hydrogen) atoms. The normalized spacial score (nSPS) is 20.1. The van der Waals surface area contributed by atoms with Crippen molar-refractivity contribution in [3.63, 3.8) is 0 Å². The number of carboxylic acid groups (broad SMARTS) is 1. The highest BCUT2D eigenvalue weighted by Crippen LogP contribution is 2.25. The molecule has 1 N–H and O–H groups in total. The van der Waals surface area contributed by atoms with E-state index in [0.717, 1.165) is 50.1 Å². The van der Waals surface area contributed by atoms with Crippen molar-refractivity contribution in [2.24, 2.45) is 0 Å². The van der Waals surface area contributed by atoms with Crippen LogP contribution in [0.2, 0.25) is 5.02 Å². The molecule has 2 aliphatic heterocycles. The van der Waals surface area contributed by atoms with Crippen molar-refractivity contribution in [1.82, 2.24) is 9.88 Å². The van der Waals surface area contributed by atoms with Crippen LogP contribution < -0.4 is 4.90 Å². The lowest BCUT2D eigenvalue weighted by Gasteiger charge is -2.44. The van der Waals surface area contributed by atoms with E-state index in [1.165, 1.54) is 18.4 Å². The predicted octanol–water partition coefficient (Wildman–Crippen LogP) is 4.28. The molecule has 4 rings (SSSR count). The zero-order valence-corrected chi connectivity index (χ0v) is 18.8. The second kappa shape index (κ2) is 11.7. The van der Waals surface area contributed by atoms with E-state index >= 15 is 0 Å². The van der Waals surface area contributed by atoms with E-state index in [4.69, 9.17) is 26.2 Å². The molecule has 3 heterocycles. The van der Waals surface area contributed by atoms with E-state index in [1.54, 1.807) is 0 Å². The Kier molecular flexibility index (Phi) is 8.94. The average Bonchev–Trinajstić information content (AvgIpc) is 2.81. The number of aliphatic carboxylic acids is 1. The second-order valence-electron chi connectivity index (χ2n) is 8.01. The molecule has 6 nitrogen and oxygen atoms in total. The summed E-state index contributed by atoms with van der Waals surface area (Å²) in [5.74, 6) is -1.65. The standard InChI is InChI=1S/C21H26ClN3O.C2HF3O2/c22-18-6-4-17(5-7-18)15-20-16-26-14-13-25(20)19-8-11-24(12-9-19)21-3-1-2-10-23-21;3-2(4,5)1(6)7/h1-7,10,19-20H,8-9,11-16H2;(H,6,7). The Morgan fingerprint density at radius 2 is 1.79 bits per heavy atom. The molecule has 1 atom stereocenters. The van der Waals surface area contributed by atoms with Crippen LogP contribution in [0.3, 0.4) is 0 Å². The fraction of sp³-hybridized carbons (Fsp3) is 0.478. The van der Waals surface area contributed by atoms with Crippen molar-refractivity contribution in [1.29, 1.82) is 0 Å². The quantitative estimate of drug-likeness (QED) is 0.697. The number of piperidine rings is 1. The van der Waals surface area contributed by atoms with Gasteiger partial charge in [0, 0.05) is 42.9 Å². The third kappa shape index (κ3) is 7.58. The number of morpholine rings is 1. The van der Waals surface area contributed by atoms with Crippen LogP contribution >= 0.6 is 11.6 Å². The van der Waals surface area contributed by atoms with Crippen LogP contribution in [-0.2, 0) is 16.0 Å². The number of pyridine rings is 1. The van der Waals surface area contributed by atoms with Crippen LogP contribution in [-0.4, -0.2) is 72.1 Å². The summed E-state index contributed by atoms with van der Waals surface area (Å²) in [5, 5.41) is 7.92. The minimum atomic E-state index is -5.08. The molecule has 0 saturated carbocycles. The molecule has 2 aromatic rings. The molecule has 0 amide bonds. The zero-order valence-electron chi connectivity index (χ0n) is 18.0. The first-order valence-corrected chi connectivity index (χ1v) is 11.2. The van der Waals surface area contributed by atoms with Crippen LogP contribution in [0.15, 0.2) is 48.7 Å². The fourth-order valence-electron chi connectivity index (χ4n) is 4.18. The van der Waals surface area contributed by atoms with E-state index in [1.807, 2.05) is 24.4 Å². The molecular formula is C23H27ClF3N3O3. The lowest BCUT2D eigenvalue weighted by Crippen LogP contribution is -2.54. The average molecular weight is 486 g/mol. The monoisotopic (exact) mass is 485 g/mol. The Bertz CT molecular complexity index is 876. The molecule has 10 heteroatoms. The van der Waals surface area contributed by atoms with Crippen molar-refractivity contribution >= 4 is 23.4 Å². The van der Waals surface area contributed by atoms with Crippen molar-refractivity contribution in [2.45, 2.75) is 37.5 Å². The number of benzene rings is 1. The molecule has 1 aromatic heterocycles. The Morgan fingerprint density at radius 1 is 1.12 bits per heavy atom. The number of carboxylic acids is 1. The lowest BCUT2D eigenvalue weighted by atomic mass is 9.97. The third-order valence-electron chi connectivity index (χ3n) is 5.81. The topological polar surface area (TPSA) is 65.9 Å². The molecular weight excluding hydrogens is 459 g/mol. The van der Waals surface area contributed by atoms with E-state index in [-0.39, 0.29) is 0 Å². The van der Waals surface area contributed by atoms with E-state index < -0.39 is 12.1 Å². The van der Waals surface area contributed by atoms with Gasteiger partial charge in [0.05, 0.1) is 13.2 Å². The maximum atomic E-state index is 10.6. The number of hydrogen-bond acceptors (Lipinski definition) is 5. The minimum absolute atomic E-state index is 0.455. The van der Waals surface area contributed by atoms with Crippen molar-refractivity contribution in [3.05, 3.63) is 59.2 Å². The minimum Gasteiger partial charge on any atom is -0.475 e. The molecule has 1 unspecified atom stereocenters. The van der Waals surface area contributed by atoms with Gasteiger partial charge in [-0.25, -0.2) is 9.78 Å². The lowest BCUT2D eigenvalue weighted by molar-refractivity contribution is -0.192. The predicted molar refractivity (Wildman–Crippen MR) is 120 cm³/mol. The maximum Gasteiger partial charge on any atom is 0.490 e. The number of hydrogen-bond donors (Lipinski definition) is 1. The summed E-state index contributed by atoms with van der Waals surface area (Å²) in [6, 6.07) is 15.5. The number of anilines is 1. The summed E-state index contributed by atoms with van der Waals surface area (Å²) >= 11 is 6.02. The van der Waals surface area contributed by atoms with Gasteiger partial charge in [-0.3, -0.25) is 4.90 Å². The Hall–Kier alpha value is -2.36. The number of aromatic nitrogens is 1.